The predicted molar refractivity (Wildman–Crippen MR) is 100 cm³/mol. The summed E-state index contributed by atoms with van der Waals surface area (Å²) in [7, 11) is 0. The molecule has 1 aliphatic heterocycles. The van der Waals surface area contributed by atoms with Crippen LogP contribution in [-0.4, -0.2) is 41.7 Å². The van der Waals surface area contributed by atoms with Crippen molar-refractivity contribution in [1.82, 2.24) is 10.2 Å². The van der Waals surface area contributed by atoms with E-state index in [1.807, 2.05) is 0 Å². The fourth-order valence-electron chi connectivity index (χ4n) is 4.28. The third kappa shape index (κ3) is 4.13. The van der Waals surface area contributed by atoms with Crippen LogP contribution in [0.4, 0.5) is 0 Å². The first-order valence-corrected chi connectivity index (χ1v) is 9.49. The number of carbonyl (C=O) groups excluding carboxylic acids is 1. The summed E-state index contributed by atoms with van der Waals surface area (Å²) in [5, 5.41) is 12.5. The van der Waals surface area contributed by atoms with Gasteiger partial charge in [-0.05, 0) is 62.1 Å². The number of nitrogens with one attached hydrogen (secondary N) is 1. The maximum atomic E-state index is 12.9. The number of allylic oxidation sites excluding steroid dienone is 2. The van der Waals surface area contributed by atoms with Crippen molar-refractivity contribution in [3.05, 3.63) is 47.0 Å². The van der Waals surface area contributed by atoms with E-state index >= 15 is 0 Å². The van der Waals surface area contributed by atoms with E-state index in [1.54, 1.807) is 6.92 Å². The van der Waals surface area contributed by atoms with Crippen molar-refractivity contribution in [2.24, 2.45) is 5.92 Å². The van der Waals surface area contributed by atoms with Crippen LogP contribution in [0.25, 0.3) is 0 Å². The smallest absolute Gasteiger partial charge is 0.237 e. The monoisotopic (exact) mass is 342 g/mol. The van der Waals surface area contributed by atoms with Gasteiger partial charge in [0, 0.05) is 13.1 Å². The van der Waals surface area contributed by atoms with Gasteiger partial charge in [-0.1, -0.05) is 30.4 Å². The van der Waals surface area contributed by atoms with Crippen molar-refractivity contribution in [3.63, 3.8) is 0 Å². The minimum absolute atomic E-state index is 0.147. The summed E-state index contributed by atoms with van der Waals surface area (Å²) in [6.45, 7) is 5.44. The molecule has 4 heteroatoms. The van der Waals surface area contributed by atoms with E-state index < -0.39 is 6.10 Å². The fraction of sp³-hybridized carbons (Fsp3) is 0.571. The fourth-order valence-corrected chi connectivity index (χ4v) is 4.28. The number of fused-ring (bicyclic) bond motifs is 1. The molecule has 3 atom stereocenters. The van der Waals surface area contributed by atoms with Crippen molar-refractivity contribution >= 4 is 5.91 Å². The maximum absolute atomic E-state index is 12.9. The van der Waals surface area contributed by atoms with Crippen LogP contribution in [0.2, 0.25) is 0 Å². The summed E-state index contributed by atoms with van der Waals surface area (Å²) in [6, 6.07) is 6.70. The lowest BCUT2D eigenvalue weighted by Gasteiger charge is -2.43. The third-order valence-electron chi connectivity index (χ3n) is 5.46. The van der Waals surface area contributed by atoms with Crippen LogP contribution in [0.1, 0.15) is 48.9 Å². The van der Waals surface area contributed by atoms with Crippen molar-refractivity contribution < 1.29 is 9.90 Å². The molecule has 2 aliphatic rings. The molecule has 1 heterocycles. The van der Waals surface area contributed by atoms with Crippen molar-refractivity contribution in [2.75, 3.05) is 19.6 Å². The number of rotatable bonds is 5. The van der Waals surface area contributed by atoms with Gasteiger partial charge in [0.05, 0.1) is 18.7 Å². The molecule has 1 aliphatic carbocycles. The molecule has 2 N–H and O–H groups in total. The standard InChI is InChI=1S/C21H30N2O2/c1-15-7-6-10-17-11-12-23(19(25)14-22-13-16(2)24)21(20(15)17)18-8-4-3-5-9-18/h3-4,6-7,10,16,18,21-22,24H,5,8-9,11-14H2,1-2H3/t16-,18?,21?/m1/s1. The number of aliphatic hydroxyl groups excluding tert-OH is 1. The van der Waals surface area contributed by atoms with E-state index in [2.05, 4.69) is 47.5 Å². The number of hydrogen-bond acceptors (Lipinski definition) is 3. The lowest BCUT2D eigenvalue weighted by Crippen LogP contribution is -2.47. The minimum atomic E-state index is -0.434. The van der Waals surface area contributed by atoms with Gasteiger partial charge in [-0.15, -0.1) is 0 Å². The highest BCUT2D eigenvalue weighted by atomic mass is 16.3. The van der Waals surface area contributed by atoms with E-state index in [0.717, 1.165) is 32.2 Å². The van der Waals surface area contributed by atoms with Gasteiger partial charge in [-0.3, -0.25) is 4.79 Å². The predicted octanol–water partition coefficient (Wildman–Crippen LogP) is 2.75. The Labute approximate surface area is 150 Å². The highest BCUT2D eigenvalue weighted by Crippen LogP contribution is 2.41. The van der Waals surface area contributed by atoms with Crippen LogP contribution in [0.3, 0.4) is 0 Å². The molecule has 0 aromatic heterocycles. The third-order valence-corrected chi connectivity index (χ3v) is 5.46. The summed E-state index contributed by atoms with van der Waals surface area (Å²) in [5.41, 5.74) is 4.07. The molecular weight excluding hydrogens is 312 g/mol. The van der Waals surface area contributed by atoms with E-state index in [1.165, 1.54) is 16.7 Å². The number of benzene rings is 1. The molecule has 1 aromatic carbocycles. The van der Waals surface area contributed by atoms with Crippen LogP contribution in [0, 0.1) is 12.8 Å². The first-order valence-electron chi connectivity index (χ1n) is 9.49. The van der Waals surface area contributed by atoms with Gasteiger partial charge < -0.3 is 15.3 Å². The Morgan fingerprint density at radius 3 is 2.96 bits per heavy atom. The normalized spacial score (nSPS) is 24.0. The minimum Gasteiger partial charge on any atom is -0.392 e. The Bertz CT molecular complexity index is 639. The van der Waals surface area contributed by atoms with Gasteiger partial charge in [0.2, 0.25) is 5.91 Å². The first-order chi connectivity index (χ1) is 12.1. The van der Waals surface area contributed by atoms with E-state index in [0.29, 0.717) is 19.0 Å². The number of nitrogens with zero attached hydrogens (tertiary/aromatic N) is 1. The summed E-state index contributed by atoms with van der Waals surface area (Å²) in [4.78, 5) is 15.0. The molecule has 1 amide bonds. The Balaban J connectivity index is 1.85. The average Bonchev–Trinajstić information content (AvgIpc) is 2.61. The lowest BCUT2D eigenvalue weighted by atomic mass is 9.77. The quantitative estimate of drug-likeness (QED) is 0.809. The van der Waals surface area contributed by atoms with Crippen molar-refractivity contribution in [1.29, 1.82) is 0 Å². The molecule has 0 saturated heterocycles. The second kappa shape index (κ2) is 8.15. The zero-order valence-corrected chi connectivity index (χ0v) is 15.4. The van der Waals surface area contributed by atoms with E-state index in [9.17, 15) is 9.90 Å². The molecule has 136 valence electrons. The Hall–Kier alpha value is -1.65. The van der Waals surface area contributed by atoms with Gasteiger partial charge >= 0.3 is 0 Å². The number of carbonyl (C=O) groups is 1. The molecule has 3 rings (SSSR count). The van der Waals surface area contributed by atoms with Gasteiger partial charge in [-0.25, -0.2) is 0 Å². The molecule has 25 heavy (non-hydrogen) atoms. The van der Waals surface area contributed by atoms with Gasteiger partial charge in [0.25, 0.3) is 0 Å². The molecule has 0 spiro atoms. The summed E-state index contributed by atoms with van der Waals surface area (Å²) >= 11 is 0. The molecule has 2 unspecified atom stereocenters. The van der Waals surface area contributed by atoms with Gasteiger partial charge in [0.15, 0.2) is 0 Å². The van der Waals surface area contributed by atoms with Gasteiger partial charge in [0.1, 0.15) is 0 Å². The topological polar surface area (TPSA) is 52.6 Å². The van der Waals surface area contributed by atoms with Crippen molar-refractivity contribution in [2.45, 2.75) is 51.7 Å². The summed E-state index contributed by atoms with van der Waals surface area (Å²) < 4.78 is 0. The molecule has 0 saturated carbocycles. The Morgan fingerprint density at radius 2 is 2.24 bits per heavy atom. The number of aryl methyl sites for hydroxylation is 1. The number of amides is 1. The SMILES string of the molecule is Cc1cccc2c1C(C1CC=CCC1)N(C(=O)CNC[C@@H](C)O)CC2. The Kier molecular flexibility index (Phi) is 5.92. The number of aliphatic hydroxyl groups is 1. The van der Waals surface area contributed by atoms with E-state index in [-0.39, 0.29) is 11.9 Å². The van der Waals surface area contributed by atoms with Crippen LogP contribution in [0.5, 0.6) is 0 Å². The summed E-state index contributed by atoms with van der Waals surface area (Å²) in [6.07, 6.45) is 8.31. The molecule has 1 aromatic rings. The van der Waals surface area contributed by atoms with Crippen molar-refractivity contribution in [3.8, 4) is 0 Å². The molecule has 0 radical (unpaired) electrons. The van der Waals surface area contributed by atoms with E-state index in [4.69, 9.17) is 0 Å². The molecule has 0 fully saturated rings. The Morgan fingerprint density at radius 1 is 1.40 bits per heavy atom. The average molecular weight is 342 g/mol. The zero-order chi connectivity index (χ0) is 17.8. The first kappa shape index (κ1) is 18.2. The van der Waals surface area contributed by atoms with Crippen LogP contribution in [-0.2, 0) is 11.2 Å². The second-order valence-electron chi connectivity index (χ2n) is 7.45. The second-order valence-corrected chi connectivity index (χ2v) is 7.45. The summed E-state index contributed by atoms with van der Waals surface area (Å²) in [5.74, 6) is 0.639. The lowest BCUT2D eigenvalue weighted by molar-refractivity contribution is -0.134. The highest BCUT2D eigenvalue weighted by Gasteiger charge is 2.36. The largest absolute Gasteiger partial charge is 0.392 e. The highest BCUT2D eigenvalue weighted by molar-refractivity contribution is 5.79. The van der Waals surface area contributed by atoms with Gasteiger partial charge in [-0.2, -0.15) is 0 Å². The molecule has 0 bridgehead atoms. The number of hydrogen-bond donors (Lipinski definition) is 2. The van der Waals surface area contributed by atoms with Crippen LogP contribution in [0.15, 0.2) is 30.4 Å². The molecule has 4 nitrogen and oxygen atoms in total. The van der Waals surface area contributed by atoms with Crippen LogP contribution >= 0.6 is 0 Å². The molecular formula is C21H30N2O2. The maximum Gasteiger partial charge on any atom is 0.237 e. The van der Waals surface area contributed by atoms with Crippen LogP contribution < -0.4 is 5.32 Å². The zero-order valence-electron chi connectivity index (χ0n) is 15.4.